The third-order valence-electron chi connectivity index (χ3n) is 6.50. The lowest BCUT2D eigenvalue weighted by Crippen LogP contribution is -2.62. The summed E-state index contributed by atoms with van der Waals surface area (Å²) in [5.74, 6) is -2.26. The highest BCUT2D eigenvalue weighted by molar-refractivity contribution is 5.92. The van der Waals surface area contributed by atoms with Crippen LogP contribution in [0.1, 0.15) is 51.5 Å². The predicted octanol–water partition coefficient (Wildman–Crippen LogP) is 4.65. The zero-order valence-electron chi connectivity index (χ0n) is 18.4. The number of nitrogens with zero attached hydrogens (tertiary/aromatic N) is 1. The van der Waals surface area contributed by atoms with Crippen LogP contribution >= 0.6 is 0 Å². The van der Waals surface area contributed by atoms with Crippen molar-refractivity contribution < 1.29 is 35.9 Å². The summed E-state index contributed by atoms with van der Waals surface area (Å²) in [6.45, 7) is 2.81. The molecule has 1 aromatic rings. The molecule has 0 atom stereocenters. The topological polar surface area (TPSA) is 61.4 Å². The molecule has 3 rings (SSSR count). The Morgan fingerprint density at radius 2 is 1.73 bits per heavy atom. The molecule has 0 unspecified atom stereocenters. The molecule has 0 aromatic heterocycles. The number of anilines is 1. The summed E-state index contributed by atoms with van der Waals surface area (Å²) in [6.07, 6.45) is -4.92. The average molecular weight is 479 g/mol. The number of hydrogen-bond donors (Lipinski definition) is 2. The molecule has 5 nitrogen and oxygen atoms in total. The fourth-order valence-electron chi connectivity index (χ4n) is 4.54. The van der Waals surface area contributed by atoms with Crippen LogP contribution in [0.3, 0.4) is 0 Å². The highest BCUT2D eigenvalue weighted by Crippen LogP contribution is 2.45. The van der Waals surface area contributed by atoms with Crippen LogP contribution < -0.4 is 10.6 Å². The van der Waals surface area contributed by atoms with E-state index in [0.29, 0.717) is 38.8 Å². The molecule has 1 aromatic carbocycles. The van der Waals surface area contributed by atoms with Crippen molar-refractivity contribution in [3.05, 3.63) is 29.6 Å². The fourth-order valence-corrected chi connectivity index (χ4v) is 4.54. The van der Waals surface area contributed by atoms with Crippen LogP contribution in [0.15, 0.2) is 18.2 Å². The van der Waals surface area contributed by atoms with Crippen LogP contribution in [0.2, 0.25) is 0 Å². The Labute approximate surface area is 187 Å². The van der Waals surface area contributed by atoms with Gasteiger partial charge in [-0.05, 0) is 63.1 Å². The van der Waals surface area contributed by atoms with Crippen molar-refractivity contribution in [1.82, 2.24) is 10.2 Å². The van der Waals surface area contributed by atoms with Gasteiger partial charge in [0.25, 0.3) is 6.43 Å². The van der Waals surface area contributed by atoms with Gasteiger partial charge < -0.3 is 10.6 Å². The first kappa shape index (κ1) is 25.3. The van der Waals surface area contributed by atoms with Gasteiger partial charge in [-0.15, -0.1) is 0 Å². The second kappa shape index (κ2) is 9.15. The number of alkyl halides is 5. The molecule has 11 heteroatoms. The lowest BCUT2D eigenvalue weighted by Gasteiger charge is -2.53. The van der Waals surface area contributed by atoms with E-state index in [1.54, 1.807) is 4.90 Å². The summed E-state index contributed by atoms with van der Waals surface area (Å²) in [7, 11) is 0. The van der Waals surface area contributed by atoms with E-state index in [0.717, 1.165) is 32.0 Å². The Kier molecular flexibility index (Phi) is 7.02. The first-order valence-corrected chi connectivity index (χ1v) is 10.7. The minimum atomic E-state index is -4.55. The molecule has 2 fully saturated rings. The molecule has 0 radical (unpaired) electrons. The number of hydrogen-bond acceptors (Lipinski definition) is 3. The van der Waals surface area contributed by atoms with Gasteiger partial charge in [-0.3, -0.25) is 14.5 Å². The molecular weight excluding hydrogens is 452 g/mol. The van der Waals surface area contributed by atoms with Gasteiger partial charge in [0.15, 0.2) is 0 Å². The van der Waals surface area contributed by atoms with E-state index < -0.39 is 35.4 Å². The monoisotopic (exact) mass is 479 g/mol. The lowest BCUT2D eigenvalue weighted by molar-refractivity contribution is -0.189. The Balaban J connectivity index is 1.45. The van der Waals surface area contributed by atoms with E-state index in [1.165, 1.54) is 0 Å². The van der Waals surface area contributed by atoms with Crippen molar-refractivity contribution in [2.75, 3.05) is 25.0 Å². The summed E-state index contributed by atoms with van der Waals surface area (Å²) in [5.41, 5.74) is -2.92. The van der Waals surface area contributed by atoms with Gasteiger partial charge in [0, 0.05) is 30.3 Å². The molecule has 1 saturated carbocycles. The summed E-state index contributed by atoms with van der Waals surface area (Å²) in [4.78, 5) is 26.3. The normalized spacial score (nSPS) is 19.4. The SMILES string of the molecule is CC(C)(NC(=O)CN1CC2(CCC(C(=O)Nc3cc(F)cc(C(F)F)c3)CC2)C1)C(F)(F)F. The third kappa shape index (κ3) is 5.99. The molecular formula is C22H27F6N3O2. The van der Waals surface area contributed by atoms with Crippen molar-refractivity contribution in [1.29, 1.82) is 0 Å². The van der Waals surface area contributed by atoms with Gasteiger partial charge in [-0.1, -0.05) is 0 Å². The number of benzene rings is 1. The van der Waals surface area contributed by atoms with Crippen LogP contribution in [0.4, 0.5) is 32.0 Å². The maximum Gasteiger partial charge on any atom is 0.410 e. The number of halogens is 6. The highest BCUT2D eigenvalue weighted by atomic mass is 19.4. The Morgan fingerprint density at radius 3 is 2.27 bits per heavy atom. The van der Waals surface area contributed by atoms with Crippen LogP contribution in [0.5, 0.6) is 0 Å². The van der Waals surface area contributed by atoms with E-state index in [-0.39, 0.29) is 29.5 Å². The molecule has 2 aliphatic rings. The van der Waals surface area contributed by atoms with Crippen molar-refractivity contribution in [2.24, 2.45) is 11.3 Å². The van der Waals surface area contributed by atoms with E-state index in [9.17, 15) is 35.9 Å². The lowest BCUT2D eigenvalue weighted by atomic mass is 9.65. The average Bonchev–Trinajstić information content (AvgIpc) is 2.65. The van der Waals surface area contributed by atoms with Gasteiger partial charge >= 0.3 is 6.18 Å². The smallest absolute Gasteiger partial charge is 0.341 e. The predicted molar refractivity (Wildman–Crippen MR) is 109 cm³/mol. The van der Waals surface area contributed by atoms with Gasteiger partial charge in [-0.25, -0.2) is 13.2 Å². The van der Waals surface area contributed by atoms with Crippen molar-refractivity contribution >= 4 is 17.5 Å². The maximum atomic E-state index is 13.5. The van der Waals surface area contributed by atoms with E-state index >= 15 is 0 Å². The molecule has 2 N–H and O–H groups in total. The van der Waals surface area contributed by atoms with Gasteiger partial charge in [0.05, 0.1) is 6.54 Å². The van der Waals surface area contributed by atoms with Crippen LogP contribution in [0.25, 0.3) is 0 Å². The second-order valence-corrected chi connectivity index (χ2v) is 9.65. The number of carbonyl (C=O) groups is 2. The van der Waals surface area contributed by atoms with Gasteiger partial charge in [0.2, 0.25) is 11.8 Å². The summed E-state index contributed by atoms with van der Waals surface area (Å²) in [6, 6.07) is 2.76. The second-order valence-electron chi connectivity index (χ2n) is 9.65. The molecule has 2 amide bonds. The van der Waals surface area contributed by atoms with Crippen LogP contribution in [0, 0.1) is 17.2 Å². The molecule has 184 valence electrons. The molecule has 1 spiro atoms. The minimum Gasteiger partial charge on any atom is -0.341 e. The van der Waals surface area contributed by atoms with E-state index in [1.807, 2.05) is 5.32 Å². The molecule has 1 aliphatic heterocycles. The number of likely N-dealkylation sites (tertiary alicyclic amines) is 1. The van der Waals surface area contributed by atoms with Crippen molar-refractivity contribution in [2.45, 2.75) is 57.7 Å². The number of nitrogens with one attached hydrogen (secondary N) is 2. The minimum absolute atomic E-state index is 0.0156. The van der Waals surface area contributed by atoms with Gasteiger partial charge in [-0.2, -0.15) is 13.2 Å². The standard InChI is InChI=1S/C22H27F6N3O2/c1-20(2,22(26,27)28)30-17(32)10-31-11-21(12-31)5-3-13(4-6-21)19(33)29-16-8-14(18(24)25)7-15(23)9-16/h7-9,13,18H,3-6,10-12H2,1-2H3,(H,29,33)(H,30,32). The largest absolute Gasteiger partial charge is 0.410 e. The van der Waals surface area contributed by atoms with Crippen molar-refractivity contribution in [3.63, 3.8) is 0 Å². The Morgan fingerprint density at radius 1 is 1.12 bits per heavy atom. The zero-order chi connectivity index (χ0) is 24.6. The quantitative estimate of drug-likeness (QED) is 0.584. The van der Waals surface area contributed by atoms with E-state index in [4.69, 9.17) is 0 Å². The Hall–Kier alpha value is -2.30. The number of amides is 2. The first-order chi connectivity index (χ1) is 15.2. The molecule has 1 aliphatic carbocycles. The van der Waals surface area contributed by atoms with Crippen molar-refractivity contribution in [3.8, 4) is 0 Å². The molecule has 0 bridgehead atoms. The number of carbonyl (C=O) groups excluding carboxylic acids is 2. The Bertz CT molecular complexity index is 887. The van der Waals surface area contributed by atoms with Crippen LogP contribution in [-0.2, 0) is 9.59 Å². The molecule has 1 saturated heterocycles. The fraction of sp³-hybridized carbons (Fsp3) is 0.636. The maximum absolute atomic E-state index is 13.5. The van der Waals surface area contributed by atoms with Gasteiger partial charge in [0.1, 0.15) is 11.4 Å². The zero-order valence-corrected chi connectivity index (χ0v) is 18.4. The summed E-state index contributed by atoms with van der Waals surface area (Å²) < 4.78 is 78.0. The van der Waals surface area contributed by atoms with E-state index in [2.05, 4.69) is 5.32 Å². The van der Waals surface area contributed by atoms with Crippen LogP contribution in [-0.4, -0.2) is 48.1 Å². The number of rotatable bonds is 6. The molecule has 33 heavy (non-hydrogen) atoms. The third-order valence-corrected chi connectivity index (χ3v) is 6.50. The molecule has 1 heterocycles. The summed E-state index contributed by atoms with van der Waals surface area (Å²) in [5, 5.41) is 4.53. The summed E-state index contributed by atoms with van der Waals surface area (Å²) >= 11 is 0. The first-order valence-electron chi connectivity index (χ1n) is 10.7. The highest BCUT2D eigenvalue weighted by Gasteiger charge is 2.50.